The molecular formula is C20H29FIO2+. The van der Waals surface area contributed by atoms with Crippen LogP contribution in [0.5, 0.6) is 0 Å². The number of esters is 1. The summed E-state index contributed by atoms with van der Waals surface area (Å²) in [4.78, 5) is 11.4. The Morgan fingerprint density at radius 2 is 1.62 bits per heavy atom. The van der Waals surface area contributed by atoms with E-state index in [9.17, 15) is 9.18 Å². The van der Waals surface area contributed by atoms with Crippen molar-refractivity contribution >= 4 is 5.97 Å². The molecule has 0 spiro atoms. The lowest BCUT2D eigenvalue weighted by Gasteiger charge is -2.07. The number of allylic oxidation sites excluding steroid dienone is 1. The fourth-order valence-electron chi connectivity index (χ4n) is 2.26. The van der Waals surface area contributed by atoms with Crippen LogP contribution in [0.15, 0.2) is 40.2 Å². The summed E-state index contributed by atoms with van der Waals surface area (Å²) < 4.78 is 21.9. The first-order valence-corrected chi connectivity index (χ1v) is 11.1. The van der Waals surface area contributed by atoms with Crippen molar-refractivity contribution in [3.8, 4) is 0 Å². The van der Waals surface area contributed by atoms with Crippen molar-refractivity contribution in [3.05, 3.63) is 43.8 Å². The van der Waals surface area contributed by atoms with Gasteiger partial charge in [-0.2, -0.15) is 0 Å². The normalized spacial score (nSPS) is 11.8. The van der Waals surface area contributed by atoms with Crippen LogP contribution in [0.3, 0.4) is 0 Å². The van der Waals surface area contributed by atoms with E-state index >= 15 is 0 Å². The van der Waals surface area contributed by atoms with Crippen LogP contribution in [0.2, 0.25) is 0 Å². The van der Waals surface area contributed by atoms with Crippen LogP contribution >= 0.6 is 0 Å². The van der Waals surface area contributed by atoms with Crippen LogP contribution in [0.1, 0.15) is 65.2 Å². The molecule has 0 aromatic heterocycles. The molecule has 1 aromatic rings. The van der Waals surface area contributed by atoms with Crippen molar-refractivity contribution in [3.63, 3.8) is 0 Å². The minimum atomic E-state index is -0.342. The average molecular weight is 447 g/mol. The molecule has 1 aromatic carbocycles. The molecule has 0 heterocycles. The van der Waals surface area contributed by atoms with E-state index in [4.69, 9.17) is 4.74 Å². The maximum Gasteiger partial charge on any atom is 0.352 e. The van der Waals surface area contributed by atoms with E-state index in [1.165, 1.54) is 3.57 Å². The molecule has 0 amide bonds. The third-order valence-corrected chi connectivity index (χ3v) is 5.87. The second-order valence-corrected chi connectivity index (χ2v) is 8.61. The van der Waals surface area contributed by atoms with Gasteiger partial charge in [-0.05, 0) is 38.8 Å². The van der Waals surface area contributed by atoms with E-state index in [1.807, 2.05) is 32.0 Å². The fourth-order valence-corrected chi connectivity index (χ4v) is 4.10. The second kappa shape index (κ2) is 13.4. The zero-order chi connectivity index (χ0) is 17.6. The van der Waals surface area contributed by atoms with Gasteiger partial charge in [0.05, 0.1) is 6.10 Å². The minimum absolute atomic E-state index is 0.0234. The van der Waals surface area contributed by atoms with Gasteiger partial charge in [0.2, 0.25) is 0 Å². The lowest BCUT2D eigenvalue weighted by Crippen LogP contribution is -3.59. The zero-order valence-electron chi connectivity index (χ0n) is 14.8. The first-order valence-electron chi connectivity index (χ1n) is 8.80. The summed E-state index contributed by atoms with van der Waals surface area (Å²) in [5.41, 5.74) is 0. The van der Waals surface area contributed by atoms with Crippen molar-refractivity contribution in [2.45, 2.75) is 71.3 Å². The maximum absolute atomic E-state index is 13.7. The van der Waals surface area contributed by atoms with Crippen molar-refractivity contribution in [2.75, 3.05) is 0 Å². The highest BCUT2D eigenvalue weighted by atomic mass is 127. The number of rotatable bonds is 12. The zero-order valence-corrected chi connectivity index (χ0v) is 16.9. The number of hydrogen-bond donors (Lipinski definition) is 0. The SMILES string of the molecule is CC(C)OC(=O)CCCCCCCC/C(F)=C/[I+]c1ccccc1. The molecule has 2 nitrogen and oxygen atoms in total. The van der Waals surface area contributed by atoms with Gasteiger partial charge in [-0.3, -0.25) is 4.79 Å². The summed E-state index contributed by atoms with van der Waals surface area (Å²) >= 11 is -0.342. The summed E-state index contributed by atoms with van der Waals surface area (Å²) in [6.45, 7) is 3.74. The molecule has 0 aliphatic carbocycles. The van der Waals surface area contributed by atoms with Crippen molar-refractivity contribution in [1.82, 2.24) is 0 Å². The fraction of sp³-hybridized carbons (Fsp3) is 0.550. The molecule has 0 atom stereocenters. The number of benzene rings is 1. The smallest absolute Gasteiger partial charge is 0.352 e. The Morgan fingerprint density at radius 3 is 2.25 bits per heavy atom. The predicted molar refractivity (Wildman–Crippen MR) is 92.5 cm³/mol. The molecule has 0 bridgehead atoms. The number of unbranched alkanes of at least 4 members (excludes halogenated alkanes) is 5. The molecule has 0 N–H and O–H groups in total. The van der Waals surface area contributed by atoms with Crippen molar-refractivity contribution in [2.24, 2.45) is 0 Å². The number of hydrogen-bond acceptors (Lipinski definition) is 2. The van der Waals surface area contributed by atoms with E-state index in [1.54, 1.807) is 4.08 Å². The van der Waals surface area contributed by atoms with Gasteiger partial charge in [0.25, 0.3) is 0 Å². The Labute approximate surface area is 156 Å². The van der Waals surface area contributed by atoms with Gasteiger partial charge in [0.1, 0.15) is 5.83 Å². The summed E-state index contributed by atoms with van der Waals surface area (Å²) in [6.07, 6.45) is 7.18. The van der Waals surface area contributed by atoms with Gasteiger partial charge in [-0.25, -0.2) is 4.39 Å². The Bertz CT molecular complexity index is 486. The van der Waals surface area contributed by atoms with Gasteiger partial charge >= 0.3 is 27.2 Å². The maximum atomic E-state index is 13.7. The average Bonchev–Trinajstić information content (AvgIpc) is 2.55. The Kier molecular flexibility index (Phi) is 11.8. The van der Waals surface area contributed by atoms with Crippen molar-refractivity contribution < 1.29 is 35.1 Å². The van der Waals surface area contributed by atoms with E-state index < -0.39 is 0 Å². The molecule has 134 valence electrons. The topological polar surface area (TPSA) is 26.3 Å². The first kappa shape index (κ1) is 21.1. The van der Waals surface area contributed by atoms with Crippen LogP contribution in [0.4, 0.5) is 4.39 Å². The third kappa shape index (κ3) is 11.6. The Balaban J connectivity index is 1.97. The Hall–Kier alpha value is -0.910. The van der Waals surface area contributed by atoms with Crippen LogP contribution in [0.25, 0.3) is 0 Å². The lowest BCUT2D eigenvalue weighted by molar-refractivity contribution is -0.558. The molecular weight excluding hydrogens is 418 g/mol. The van der Waals surface area contributed by atoms with Crippen LogP contribution in [0, 0.1) is 3.57 Å². The number of ether oxygens (including phenoxy) is 1. The molecule has 24 heavy (non-hydrogen) atoms. The van der Waals surface area contributed by atoms with Gasteiger partial charge in [0, 0.05) is 12.8 Å². The summed E-state index contributed by atoms with van der Waals surface area (Å²) in [5, 5.41) is 0. The van der Waals surface area contributed by atoms with E-state index in [2.05, 4.69) is 12.1 Å². The predicted octanol–water partition coefficient (Wildman–Crippen LogP) is 2.83. The molecule has 0 fully saturated rings. The molecule has 0 unspecified atom stereocenters. The largest absolute Gasteiger partial charge is 0.463 e. The second-order valence-electron chi connectivity index (χ2n) is 6.12. The Morgan fingerprint density at radius 1 is 1.04 bits per heavy atom. The molecule has 0 aliphatic rings. The van der Waals surface area contributed by atoms with Crippen molar-refractivity contribution in [1.29, 1.82) is 0 Å². The highest BCUT2D eigenvalue weighted by Gasteiger charge is 2.09. The quantitative estimate of drug-likeness (QED) is 0.280. The highest BCUT2D eigenvalue weighted by molar-refractivity contribution is 5.69. The molecule has 0 saturated carbocycles. The number of carbonyl (C=O) groups excluding carboxylic acids is 1. The first-order chi connectivity index (χ1) is 11.6. The van der Waals surface area contributed by atoms with Crippen LogP contribution in [-0.2, 0) is 9.53 Å². The number of carbonyl (C=O) groups is 1. The van der Waals surface area contributed by atoms with Crippen LogP contribution < -0.4 is 21.2 Å². The third-order valence-electron chi connectivity index (χ3n) is 3.45. The number of halogens is 2. The van der Waals surface area contributed by atoms with Gasteiger partial charge in [-0.1, -0.05) is 43.9 Å². The molecule has 0 radical (unpaired) electrons. The van der Waals surface area contributed by atoms with E-state index in [-0.39, 0.29) is 39.1 Å². The molecule has 0 aliphatic heterocycles. The summed E-state index contributed by atoms with van der Waals surface area (Å²) in [7, 11) is 0. The molecule has 0 saturated heterocycles. The lowest BCUT2D eigenvalue weighted by atomic mass is 10.1. The summed E-state index contributed by atoms with van der Waals surface area (Å²) in [6, 6.07) is 10.1. The van der Waals surface area contributed by atoms with E-state index in [0.717, 1.165) is 38.5 Å². The molecule has 4 heteroatoms. The van der Waals surface area contributed by atoms with Gasteiger partial charge in [-0.15, -0.1) is 0 Å². The minimum Gasteiger partial charge on any atom is -0.463 e. The van der Waals surface area contributed by atoms with Gasteiger partial charge < -0.3 is 4.74 Å². The standard InChI is InChI=1S/C20H29FIO2/c1-17(2)24-20(23)15-11-6-4-3-5-8-12-18(21)16-22-19-13-9-7-10-14-19/h7,9-10,13-14,16-17H,3-6,8,11-12,15H2,1-2H3/q+1/b18-16-. The molecule has 1 rings (SSSR count). The van der Waals surface area contributed by atoms with Crippen LogP contribution in [-0.4, -0.2) is 12.1 Å². The summed E-state index contributed by atoms with van der Waals surface area (Å²) in [5.74, 6) is -0.0537. The monoisotopic (exact) mass is 447 g/mol. The van der Waals surface area contributed by atoms with Gasteiger partial charge in [0.15, 0.2) is 7.65 Å². The van der Waals surface area contributed by atoms with E-state index in [0.29, 0.717) is 12.8 Å². The highest BCUT2D eigenvalue weighted by Crippen LogP contribution is 2.12.